The lowest BCUT2D eigenvalue weighted by Gasteiger charge is -2.11. The first-order chi connectivity index (χ1) is 8.75. The molecule has 0 spiro atoms. The fourth-order valence-electron chi connectivity index (χ4n) is 1.99. The molecule has 0 aliphatic rings. The van der Waals surface area contributed by atoms with E-state index in [1.165, 1.54) is 0 Å². The molecule has 0 amide bonds. The molecule has 90 valence electrons. The third kappa shape index (κ3) is 1.69. The van der Waals surface area contributed by atoms with Crippen LogP contribution < -0.4 is 0 Å². The van der Waals surface area contributed by atoms with Crippen molar-refractivity contribution in [3.8, 4) is 11.4 Å². The van der Waals surface area contributed by atoms with Crippen LogP contribution in [0.3, 0.4) is 0 Å². The second-order valence-electron chi connectivity index (χ2n) is 4.10. The van der Waals surface area contributed by atoms with Crippen LogP contribution in [-0.2, 0) is 0 Å². The summed E-state index contributed by atoms with van der Waals surface area (Å²) in [4.78, 5) is 4.56. The maximum absolute atomic E-state index is 4.56. The summed E-state index contributed by atoms with van der Waals surface area (Å²) >= 11 is 0. The maximum atomic E-state index is 4.56. The lowest BCUT2D eigenvalue weighted by Crippen LogP contribution is -2.06. The Bertz CT molecular complexity index is 598. The van der Waals surface area contributed by atoms with E-state index in [1.54, 1.807) is 12.4 Å². The number of hydrogen-bond acceptors (Lipinski definition) is 3. The molecule has 0 unspecified atom stereocenters. The summed E-state index contributed by atoms with van der Waals surface area (Å²) in [5, 5.41) is 8.49. The van der Waals surface area contributed by atoms with E-state index in [0.29, 0.717) is 0 Å². The van der Waals surface area contributed by atoms with Crippen LogP contribution in [0.15, 0.2) is 43.0 Å². The standard InChI is InChI=1S/C13H13N5/c1-10-12(17-7-3-5-14-17)9-13(11(2)16-10)18-8-4-6-15-18/h3-9H,1-2H3. The monoisotopic (exact) mass is 239 g/mol. The lowest BCUT2D eigenvalue weighted by atomic mass is 10.2. The van der Waals surface area contributed by atoms with E-state index < -0.39 is 0 Å². The normalized spacial score (nSPS) is 10.8. The van der Waals surface area contributed by atoms with Crippen LogP contribution in [0.4, 0.5) is 0 Å². The highest BCUT2D eigenvalue weighted by Crippen LogP contribution is 2.18. The Hall–Kier alpha value is -2.43. The van der Waals surface area contributed by atoms with Crippen molar-refractivity contribution in [2.75, 3.05) is 0 Å². The summed E-state index contributed by atoms with van der Waals surface area (Å²) in [5.41, 5.74) is 3.84. The second-order valence-corrected chi connectivity index (χ2v) is 4.10. The number of pyridine rings is 1. The predicted molar refractivity (Wildman–Crippen MR) is 68.0 cm³/mol. The van der Waals surface area contributed by atoms with Crippen LogP contribution in [0.25, 0.3) is 11.4 Å². The Morgan fingerprint density at radius 2 is 1.33 bits per heavy atom. The third-order valence-corrected chi connectivity index (χ3v) is 2.85. The van der Waals surface area contributed by atoms with Gasteiger partial charge >= 0.3 is 0 Å². The molecule has 5 nitrogen and oxygen atoms in total. The molecule has 0 aliphatic heterocycles. The summed E-state index contributed by atoms with van der Waals surface area (Å²) < 4.78 is 3.63. The van der Waals surface area contributed by atoms with Crippen LogP contribution in [0.2, 0.25) is 0 Å². The molecule has 0 saturated carbocycles. The van der Waals surface area contributed by atoms with Crippen LogP contribution in [0.5, 0.6) is 0 Å². The summed E-state index contributed by atoms with van der Waals surface area (Å²) in [6.45, 7) is 3.97. The van der Waals surface area contributed by atoms with Crippen molar-refractivity contribution in [2.45, 2.75) is 13.8 Å². The number of rotatable bonds is 2. The Balaban J connectivity index is 2.20. The van der Waals surface area contributed by atoms with Gasteiger partial charge in [0.2, 0.25) is 0 Å². The zero-order chi connectivity index (χ0) is 12.5. The van der Waals surface area contributed by atoms with Gasteiger partial charge in [0.25, 0.3) is 0 Å². The summed E-state index contributed by atoms with van der Waals surface area (Å²) in [5.74, 6) is 0. The molecule has 3 aromatic rings. The molecule has 3 heterocycles. The molecule has 0 aromatic carbocycles. The largest absolute Gasteiger partial charge is 0.254 e. The van der Waals surface area contributed by atoms with Crippen molar-refractivity contribution in [1.29, 1.82) is 0 Å². The Kier molecular flexibility index (Phi) is 2.44. The minimum absolute atomic E-state index is 0.951. The second kappa shape index (κ2) is 4.10. The summed E-state index contributed by atoms with van der Waals surface area (Å²) in [6, 6.07) is 5.84. The molecule has 18 heavy (non-hydrogen) atoms. The van der Waals surface area contributed by atoms with E-state index in [2.05, 4.69) is 21.2 Å². The van der Waals surface area contributed by atoms with Crippen LogP contribution in [-0.4, -0.2) is 24.5 Å². The van der Waals surface area contributed by atoms with E-state index in [4.69, 9.17) is 0 Å². The highest BCUT2D eigenvalue weighted by Gasteiger charge is 2.09. The van der Waals surface area contributed by atoms with E-state index in [0.717, 1.165) is 22.8 Å². The van der Waals surface area contributed by atoms with Crippen molar-refractivity contribution >= 4 is 0 Å². The first-order valence-electron chi connectivity index (χ1n) is 5.74. The first kappa shape index (κ1) is 10.7. The minimum atomic E-state index is 0.951. The van der Waals surface area contributed by atoms with Gasteiger partial charge in [0, 0.05) is 24.8 Å². The molecule has 0 fully saturated rings. The predicted octanol–water partition coefficient (Wildman–Crippen LogP) is 2.07. The van der Waals surface area contributed by atoms with Gasteiger partial charge < -0.3 is 0 Å². The Labute approximate surface area is 105 Å². The molecule has 0 saturated heterocycles. The van der Waals surface area contributed by atoms with Gasteiger partial charge in [-0.1, -0.05) is 0 Å². The van der Waals surface area contributed by atoms with E-state index >= 15 is 0 Å². The fraction of sp³-hybridized carbons (Fsp3) is 0.154. The van der Waals surface area contributed by atoms with E-state index in [-0.39, 0.29) is 0 Å². The molecule has 0 N–H and O–H groups in total. The molecule has 0 atom stereocenters. The zero-order valence-electron chi connectivity index (χ0n) is 10.3. The van der Waals surface area contributed by atoms with Gasteiger partial charge in [-0.2, -0.15) is 10.2 Å². The molecular weight excluding hydrogens is 226 g/mol. The van der Waals surface area contributed by atoms with Crippen LogP contribution in [0, 0.1) is 13.8 Å². The molecule has 0 bridgehead atoms. The Morgan fingerprint density at radius 1 is 0.833 bits per heavy atom. The smallest absolute Gasteiger partial charge is 0.0879 e. The first-order valence-corrected chi connectivity index (χ1v) is 5.74. The van der Waals surface area contributed by atoms with E-state index in [9.17, 15) is 0 Å². The average molecular weight is 239 g/mol. The number of nitrogens with zero attached hydrogens (tertiary/aromatic N) is 5. The van der Waals surface area contributed by atoms with E-state index in [1.807, 2.05) is 47.7 Å². The van der Waals surface area contributed by atoms with Gasteiger partial charge in [-0.05, 0) is 32.0 Å². The van der Waals surface area contributed by atoms with Crippen LogP contribution in [0.1, 0.15) is 11.4 Å². The van der Waals surface area contributed by atoms with Crippen molar-refractivity contribution < 1.29 is 0 Å². The van der Waals surface area contributed by atoms with Gasteiger partial charge in [-0.3, -0.25) is 4.98 Å². The highest BCUT2D eigenvalue weighted by atomic mass is 15.3. The van der Waals surface area contributed by atoms with Gasteiger partial charge in [0.1, 0.15) is 0 Å². The van der Waals surface area contributed by atoms with Crippen molar-refractivity contribution in [2.24, 2.45) is 0 Å². The number of hydrogen-bond donors (Lipinski definition) is 0. The molecule has 5 heteroatoms. The Morgan fingerprint density at radius 3 is 1.72 bits per heavy atom. The molecule has 3 aromatic heterocycles. The van der Waals surface area contributed by atoms with Crippen molar-refractivity contribution in [3.63, 3.8) is 0 Å². The topological polar surface area (TPSA) is 48.5 Å². The SMILES string of the molecule is Cc1nc(C)c(-n2cccn2)cc1-n1cccn1. The highest BCUT2D eigenvalue weighted by molar-refractivity contribution is 5.47. The van der Waals surface area contributed by atoms with Gasteiger partial charge in [-0.15, -0.1) is 0 Å². The summed E-state index contributed by atoms with van der Waals surface area (Å²) in [6.07, 6.45) is 7.33. The molecule has 0 aliphatic carbocycles. The fourth-order valence-corrected chi connectivity index (χ4v) is 1.99. The van der Waals surface area contributed by atoms with Gasteiger partial charge in [-0.25, -0.2) is 9.36 Å². The third-order valence-electron chi connectivity index (χ3n) is 2.85. The minimum Gasteiger partial charge on any atom is -0.254 e. The van der Waals surface area contributed by atoms with Gasteiger partial charge in [0.15, 0.2) is 0 Å². The quantitative estimate of drug-likeness (QED) is 0.687. The lowest BCUT2D eigenvalue weighted by molar-refractivity contribution is 0.825. The average Bonchev–Trinajstić information content (AvgIpc) is 3.01. The zero-order valence-corrected chi connectivity index (χ0v) is 10.3. The molecular formula is C13H13N5. The number of aromatic nitrogens is 5. The van der Waals surface area contributed by atoms with Crippen LogP contribution >= 0.6 is 0 Å². The summed E-state index contributed by atoms with van der Waals surface area (Å²) in [7, 11) is 0. The molecule has 0 radical (unpaired) electrons. The van der Waals surface area contributed by atoms with Crippen molar-refractivity contribution in [3.05, 3.63) is 54.4 Å². The molecule has 3 rings (SSSR count). The van der Waals surface area contributed by atoms with Gasteiger partial charge in [0.05, 0.1) is 22.8 Å². The maximum Gasteiger partial charge on any atom is 0.0879 e. The number of aryl methyl sites for hydroxylation is 2. The van der Waals surface area contributed by atoms with Crippen molar-refractivity contribution in [1.82, 2.24) is 24.5 Å².